The Labute approximate surface area is 178 Å². The highest BCUT2D eigenvalue weighted by molar-refractivity contribution is 6.33. The number of hydrogen-bond donors (Lipinski definition) is 2. The van der Waals surface area contributed by atoms with Gasteiger partial charge < -0.3 is 25.3 Å². The van der Waals surface area contributed by atoms with Crippen LogP contribution < -0.4 is 10.6 Å². The fourth-order valence-corrected chi connectivity index (χ4v) is 2.66. The molecule has 0 aliphatic carbocycles. The van der Waals surface area contributed by atoms with Gasteiger partial charge in [-0.2, -0.15) is 9.67 Å². The second kappa shape index (κ2) is 9.30. The summed E-state index contributed by atoms with van der Waals surface area (Å²) in [6.07, 6.45) is 0. The Morgan fingerprint density at radius 3 is 2.48 bits per heavy atom. The molecular weight excluding hydrogens is 437 g/mol. The zero-order chi connectivity index (χ0) is 22.5. The van der Waals surface area contributed by atoms with Crippen LogP contribution in [0.2, 0.25) is 5.02 Å². The summed E-state index contributed by atoms with van der Waals surface area (Å²) in [5, 5.41) is 23.3. The average Bonchev–Trinajstić information content (AvgIpc) is 3.32. The van der Waals surface area contributed by atoms with Crippen molar-refractivity contribution >= 4 is 29.2 Å². The van der Waals surface area contributed by atoms with E-state index in [1.807, 2.05) is 0 Å². The highest BCUT2D eigenvalue weighted by Crippen LogP contribution is 2.26. The molecule has 0 saturated heterocycles. The van der Waals surface area contributed by atoms with Gasteiger partial charge >= 0.3 is 17.6 Å². The number of nitrogens with one attached hydrogen (secondary N) is 2. The van der Waals surface area contributed by atoms with E-state index in [-0.39, 0.29) is 41.9 Å². The zero-order valence-corrected chi connectivity index (χ0v) is 16.7. The number of benzene rings is 1. The van der Waals surface area contributed by atoms with Gasteiger partial charge in [-0.25, -0.2) is 4.39 Å². The van der Waals surface area contributed by atoms with Crippen molar-refractivity contribution in [3.63, 3.8) is 0 Å². The Bertz CT molecular complexity index is 1130. The molecule has 0 atom stereocenters. The van der Waals surface area contributed by atoms with Crippen molar-refractivity contribution in [2.45, 2.75) is 13.5 Å². The third kappa shape index (κ3) is 5.19. The zero-order valence-electron chi connectivity index (χ0n) is 16.0. The number of rotatable bonds is 8. The lowest BCUT2D eigenvalue weighted by atomic mass is 10.2. The first-order valence-corrected chi connectivity index (χ1v) is 9.16. The van der Waals surface area contributed by atoms with Gasteiger partial charge in [-0.1, -0.05) is 16.8 Å². The molecule has 0 saturated carbocycles. The minimum absolute atomic E-state index is 0.0620. The molecule has 0 fully saturated rings. The summed E-state index contributed by atoms with van der Waals surface area (Å²) < 4.78 is 19.0. The van der Waals surface area contributed by atoms with Gasteiger partial charge in [0.2, 0.25) is 0 Å². The Balaban J connectivity index is 1.50. The van der Waals surface area contributed by atoms with Crippen LogP contribution in [0.4, 0.5) is 10.2 Å². The van der Waals surface area contributed by atoms with Gasteiger partial charge in [0, 0.05) is 18.7 Å². The monoisotopic (exact) mass is 451 g/mol. The van der Waals surface area contributed by atoms with Crippen molar-refractivity contribution in [2.75, 3.05) is 13.1 Å². The fourth-order valence-electron chi connectivity index (χ4n) is 2.45. The summed E-state index contributed by atoms with van der Waals surface area (Å²) in [7, 11) is 0. The summed E-state index contributed by atoms with van der Waals surface area (Å²) in [4.78, 5) is 38.1. The van der Waals surface area contributed by atoms with E-state index < -0.39 is 28.4 Å². The SMILES string of the molecule is Cc1c(Cl)c([N+](=O)[O-])nn1Cc1noc(C(=O)NCCNC(=O)c2ccc(F)cc2)n1. The molecule has 0 aliphatic heterocycles. The number of nitrogens with zero attached hydrogens (tertiary/aromatic N) is 5. The molecule has 0 spiro atoms. The second-order valence-corrected chi connectivity index (χ2v) is 6.55. The summed E-state index contributed by atoms with van der Waals surface area (Å²) in [5.41, 5.74) is 0.615. The standard InChI is InChI=1S/C17H15ClFN7O5/c1-9-13(18)14(26(29)30)23-25(9)8-12-22-17(31-24-12)16(28)21-7-6-20-15(27)10-2-4-11(19)5-3-10/h2-5H,6-8H2,1H3,(H,20,27)(H,21,28). The first-order chi connectivity index (χ1) is 14.8. The van der Waals surface area contributed by atoms with Gasteiger partial charge in [0.25, 0.3) is 5.91 Å². The van der Waals surface area contributed by atoms with Crippen molar-refractivity contribution < 1.29 is 23.4 Å². The van der Waals surface area contributed by atoms with Gasteiger partial charge in [-0.15, -0.1) is 0 Å². The van der Waals surface area contributed by atoms with E-state index in [0.29, 0.717) is 5.69 Å². The van der Waals surface area contributed by atoms with Crippen molar-refractivity contribution in [3.05, 3.63) is 68.2 Å². The average molecular weight is 452 g/mol. The lowest BCUT2D eigenvalue weighted by Crippen LogP contribution is -2.34. The van der Waals surface area contributed by atoms with Crippen LogP contribution >= 0.6 is 11.6 Å². The van der Waals surface area contributed by atoms with E-state index in [0.717, 1.165) is 0 Å². The molecule has 2 heterocycles. The Morgan fingerprint density at radius 1 is 1.23 bits per heavy atom. The van der Waals surface area contributed by atoms with Crippen molar-refractivity contribution in [1.29, 1.82) is 0 Å². The predicted molar refractivity (Wildman–Crippen MR) is 103 cm³/mol. The van der Waals surface area contributed by atoms with Gasteiger partial charge in [-0.3, -0.25) is 9.59 Å². The number of amides is 2. The van der Waals surface area contributed by atoms with Gasteiger partial charge in [0.15, 0.2) is 10.8 Å². The molecule has 0 bridgehead atoms. The first-order valence-electron chi connectivity index (χ1n) is 8.78. The van der Waals surface area contributed by atoms with Crippen LogP contribution in [0.25, 0.3) is 0 Å². The topological polar surface area (TPSA) is 158 Å². The van der Waals surface area contributed by atoms with E-state index in [1.165, 1.54) is 35.9 Å². The second-order valence-electron chi connectivity index (χ2n) is 6.17. The van der Waals surface area contributed by atoms with Crippen LogP contribution in [-0.2, 0) is 6.54 Å². The largest absolute Gasteiger partial charge is 0.408 e. The summed E-state index contributed by atoms with van der Waals surface area (Å²) in [6, 6.07) is 5.01. The van der Waals surface area contributed by atoms with Crippen molar-refractivity contribution in [3.8, 4) is 0 Å². The van der Waals surface area contributed by atoms with Crippen LogP contribution in [0.1, 0.15) is 32.6 Å². The molecule has 0 unspecified atom stereocenters. The van der Waals surface area contributed by atoms with Crippen LogP contribution in [0.5, 0.6) is 0 Å². The van der Waals surface area contributed by atoms with Gasteiger partial charge in [-0.05, 0) is 36.1 Å². The molecular formula is C17H15ClFN7O5. The molecule has 2 amide bonds. The maximum atomic E-state index is 12.9. The minimum atomic E-state index is -0.713. The molecule has 14 heteroatoms. The van der Waals surface area contributed by atoms with E-state index in [4.69, 9.17) is 16.1 Å². The predicted octanol–water partition coefficient (Wildman–Crippen LogP) is 1.48. The number of carbonyl (C=O) groups is 2. The summed E-state index contributed by atoms with van der Waals surface area (Å²) in [6.45, 7) is 1.63. The summed E-state index contributed by atoms with van der Waals surface area (Å²) in [5.74, 6) is -2.31. The summed E-state index contributed by atoms with van der Waals surface area (Å²) >= 11 is 5.87. The lowest BCUT2D eigenvalue weighted by Gasteiger charge is -2.05. The third-order valence-electron chi connectivity index (χ3n) is 4.05. The molecule has 1 aromatic carbocycles. The normalized spacial score (nSPS) is 10.7. The number of halogens is 2. The maximum Gasteiger partial charge on any atom is 0.408 e. The molecule has 2 aromatic heterocycles. The Hall–Kier alpha value is -3.87. The highest BCUT2D eigenvalue weighted by atomic mass is 35.5. The maximum absolute atomic E-state index is 12.9. The van der Waals surface area contributed by atoms with Crippen LogP contribution in [0.3, 0.4) is 0 Å². The Morgan fingerprint density at radius 2 is 1.87 bits per heavy atom. The van der Waals surface area contributed by atoms with Crippen molar-refractivity contribution in [2.24, 2.45) is 0 Å². The number of aromatic nitrogens is 4. The molecule has 3 rings (SSSR count). The van der Waals surface area contributed by atoms with Gasteiger partial charge in [0.05, 0.1) is 10.8 Å². The first kappa shape index (κ1) is 21.8. The van der Waals surface area contributed by atoms with Crippen molar-refractivity contribution in [1.82, 2.24) is 30.6 Å². The fraction of sp³-hybridized carbons (Fsp3) is 0.235. The van der Waals surface area contributed by atoms with Gasteiger partial charge in [0.1, 0.15) is 12.4 Å². The van der Waals surface area contributed by atoms with Crippen LogP contribution in [0, 0.1) is 22.9 Å². The molecule has 31 heavy (non-hydrogen) atoms. The molecule has 2 N–H and O–H groups in total. The quantitative estimate of drug-likeness (QED) is 0.296. The molecule has 162 valence electrons. The highest BCUT2D eigenvalue weighted by Gasteiger charge is 2.25. The lowest BCUT2D eigenvalue weighted by molar-refractivity contribution is -0.389. The Kier molecular flexibility index (Phi) is 6.55. The van der Waals surface area contributed by atoms with E-state index in [2.05, 4.69) is 25.9 Å². The molecule has 12 nitrogen and oxygen atoms in total. The molecule has 0 aliphatic rings. The van der Waals surface area contributed by atoms with E-state index in [1.54, 1.807) is 0 Å². The number of nitro groups is 1. The minimum Gasteiger partial charge on any atom is -0.358 e. The third-order valence-corrected chi connectivity index (χ3v) is 4.49. The number of hydrogen-bond acceptors (Lipinski definition) is 8. The number of carbonyl (C=O) groups excluding carboxylic acids is 2. The van der Waals surface area contributed by atoms with Crippen LogP contribution in [0.15, 0.2) is 28.8 Å². The van der Waals surface area contributed by atoms with Crippen LogP contribution in [-0.4, -0.2) is 49.7 Å². The molecule has 0 radical (unpaired) electrons. The van der Waals surface area contributed by atoms with E-state index in [9.17, 15) is 24.1 Å². The smallest absolute Gasteiger partial charge is 0.358 e. The van der Waals surface area contributed by atoms with E-state index >= 15 is 0 Å². The molecule has 3 aromatic rings.